The predicted molar refractivity (Wildman–Crippen MR) is 117 cm³/mol. The highest BCUT2D eigenvalue weighted by Gasteiger charge is 2.35. The van der Waals surface area contributed by atoms with Crippen LogP contribution in [-0.4, -0.2) is 54.5 Å². The summed E-state index contributed by atoms with van der Waals surface area (Å²) in [5.74, 6) is -0.396. The molecule has 8 nitrogen and oxygen atoms in total. The third kappa shape index (κ3) is 4.14. The van der Waals surface area contributed by atoms with Crippen LogP contribution in [0.15, 0.2) is 36.4 Å². The number of hydrogen-bond donors (Lipinski definition) is 1. The van der Waals surface area contributed by atoms with E-state index >= 15 is 0 Å². The van der Waals surface area contributed by atoms with Crippen molar-refractivity contribution in [1.29, 1.82) is 0 Å². The lowest BCUT2D eigenvalue weighted by atomic mass is 10.1. The van der Waals surface area contributed by atoms with Gasteiger partial charge in [-0.1, -0.05) is 11.3 Å². The molecule has 0 atom stereocenters. The SMILES string of the molecule is CCOc1ccc2nc(NC(=O)c3ccc4c(c3)C(=O)N(CCCOC)C4=O)sc2c1. The Kier molecular flexibility index (Phi) is 5.97. The zero-order valence-corrected chi connectivity index (χ0v) is 18.0. The molecule has 0 saturated carbocycles. The molecular weight excluding hydrogens is 418 g/mol. The maximum absolute atomic E-state index is 12.7. The molecule has 1 aliphatic heterocycles. The van der Waals surface area contributed by atoms with Gasteiger partial charge in [-0.15, -0.1) is 0 Å². The van der Waals surface area contributed by atoms with Gasteiger partial charge in [0.25, 0.3) is 17.7 Å². The molecule has 3 aromatic rings. The van der Waals surface area contributed by atoms with Gasteiger partial charge in [0.2, 0.25) is 0 Å². The topological polar surface area (TPSA) is 97.8 Å². The fraction of sp³-hybridized carbons (Fsp3) is 0.273. The monoisotopic (exact) mass is 439 g/mol. The summed E-state index contributed by atoms with van der Waals surface area (Å²) in [6.07, 6.45) is 0.554. The van der Waals surface area contributed by atoms with Crippen LogP contribution in [0.4, 0.5) is 5.13 Å². The van der Waals surface area contributed by atoms with Gasteiger partial charge in [0.05, 0.1) is 28.0 Å². The molecule has 0 radical (unpaired) electrons. The van der Waals surface area contributed by atoms with Crippen molar-refractivity contribution in [2.24, 2.45) is 0 Å². The molecule has 0 saturated heterocycles. The van der Waals surface area contributed by atoms with Crippen molar-refractivity contribution in [3.63, 3.8) is 0 Å². The van der Waals surface area contributed by atoms with E-state index in [1.165, 1.54) is 28.4 Å². The highest BCUT2D eigenvalue weighted by atomic mass is 32.1. The van der Waals surface area contributed by atoms with Crippen LogP contribution in [0.25, 0.3) is 10.2 Å². The molecule has 4 rings (SSSR count). The number of ether oxygens (including phenoxy) is 2. The maximum atomic E-state index is 12.7. The molecule has 3 amide bonds. The molecule has 0 aliphatic carbocycles. The molecule has 1 aromatic heterocycles. The highest BCUT2D eigenvalue weighted by Crippen LogP contribution is 2.30. The summed E-state index contributed by atoms with van der Waals surface area (Å²) in [4.78, 5) is 43.5. The lowest BCUT2D eigenvalue weighted by Gasteiger charge is -2.12. The molecule has 31 heavy (non-hydrogen) atoms. The van der Waals surface area contributed by atoms with E-state index < -0.39 is 11.8 Å². The van der Waals surface area contributed by atoms with Crippen LogP contribution < -0.4 is 10.1 Å². The molecule has 0 bridgehead atoms. The predicted octanol–water partition coefficient (Wildman–Crippen LogP) is 3.58. The van der Waals surface area contributed by atoms with Crippen molar-refractivity contribution >= 4 is 44.4 Å². The number of anilines is 1. The molecule has 0 fully saturated rings. The molecule has 0 unspecified atom stereocenters. The van der Waals surface area contributed by atoms with Gasteiger partial charge in [-0.2, -0.15) is 0 Å². The average molecular weight is 439 g/mol. The molecular formula is C22H21N3O5S. The minimum absolute atomic E-state index is 0.237. The van der Waals surface area contributed by atoms with Gasteiger partial charge in [-0.25, -0.2) is 4.98 Å². The first-order valence-corrected chi connectivity index (χ1v) is 10.7. The van der Waals surface area contributed by atoms with Crippen molar-refractivity contribution < 1.29 is 23.9 Å². The summed E-state index contributed by atoms with van der Waals surface area (Å²) >= 11 is 1.33. The van der Waals surface area contributed by atoms with E-state index in [9.17, 15) is 14.4 Å². The molecule has 1 N–H and O–H groups in total. The van der Waals surface area contributed by atoms with Gasteiger partial charge in [-0.3, -0.25) is 24.6 Å². The molecule has 2 aromatic carbocycles. The van der Waals surface area contributed by atoms with Gasteiger partial charge in [0, 0.05) is 25.8 Å². The average Bonchev–Trinajstić information content (AvgIpc) is 3.27. The summed E-state index contributed by atoms with van der Waals surface area (Å²) in [5, 5.41) is 3.21. The van der Waals surface area contributed by atoms with Crippen molar-refractivity contribution in [3.05, 3.63) is 53.1 Å². The van der Waals surface area contributed by atoms with Crippen molar-refractivity contribution in [2.45, 2.75) is 13.3 Å². The second-order valence-corrected chi connectivity index (χ2v) is 7.93. The Hall–Kier alpha value is -3.30. The van der Waals surface area contributed by atoms with E-state index in [1.807, 2.05) is 25.1 Å². The Balaban J connectivity index is 1.51. The molecule has 0 spiro atoms. The van der Waals surface area contributed by atoms with Crippen molar-refractivity contribution in [2.75, 3.05) is 32.2 Å². The van der Waals surface area contributed by atoms with E-state index in [2.05, 4.69) is 10.3 Å². The van der Waals surface area contributed by atoms with Crippen LogP contribution in [0.3, 0.4) is 0 Å². The molecule has 2 heterocycles. The first-order chi connectivity index (χ1) is 15.0. The van der Waals surface area contributed by atoms with Crippen LogP contribution in [0, 0.1) is 0 Å². The summed E-state index contributed by atoms with van der Waals surface area (Å²) in [5.41, 5.74) is 1.58. The van der Waals surface area contributed by atoms with Gasteiger partial charge in [0.1, 0.15) is 5.75 Å². The van der Waals surface area contributed by atoms with Crippen molar-refractivity contribution in [1.82, 2.24) is 9.88 Å². The lowest BCUT2D eigenvalue weighted by Crippen LogP contribution is -2.31. The quantitative estimate of drug-likeness (QED) is 0.426. The summed E-state index contributed by atoms with van der Waals surface area (Å²) in [6, 6.07) is 10.1. The van der Waals surface area contributed by atoms with E-state index in [4.69, 9.17) is 9.47 Å². The second-order valence-electron chi connectivity index (χ2n) is 6.90. The number of carbonyl (C=O) groups is 3. The minimum Gasteiger partial charge on any atom is -0.494 e. The number of thiazole rings is 1. The number of nitrogens with one attached hydrogen (secondary N) is 1. The van der Waals surface area contributed by atoms with E-state index in [0.29, 0.717) is 30.3 Å². The molecule has 160 valence electrons. The van der Waals surface area contributed by atoms with Gasteiger partial charge in [0.15, 0.2) is 5.13 Å². The number of carbonyl (C=O) groups excluding carboxylic acids is 3. The Morgan fingerprint density at radius 1 is 1.13 bits per heavy atom. The summed E-state index contributed by atoms with van der Waals surface area (Å²) < 4.78 is 11.4. The largest absolute Gasteiger partial charge is 0.494 e. The highest BCUT2D eigenvalue weighted by molar-refractivity contribution is 7.22. The maximum Gasteiger partial charge on any atom is 0.261 e. The zero-order valence-electron chi connectivity index (χ0n) is 17.1. The standard InChI is InChI=1S/C22H21N3O5S/c1-3-30-14-6-8-17-18(12-14)31-22(23-17)24-19(26)13-5-7-15-16(11-13)21(28)25(20(15)27)9-4-10-29-2/h5-8,11-12H,3-4,9-10H2,1-2H3,(H,23,24,26). The number of amides is 3. The van der Waals surface area contributed by atoms with Crippen LogP contribution >= 0.6 is 11.3 Å². The van der Waals surface area contributed by atoms with Crippen LogP contribution in [0.1, 0.15) is 44.4 Å². The second kappa shape index (κ2) is 8.83. The number of benzene rings is 2. The first kappa shape index (κ1) is 21.0. The number of imide groups is 1. The van der Waals surface area contributed by atoms with Gasteiger partial charge in [-0.05, 0) is 49.7 Å². The smallest absolute Gasteiger partial charge is 0.261 e. The number of nitrogens with zero attached hydrogens (tertiary/aromatic N) is 2. The third-order valence-electron chi connectivity index (χ3n) is 4.85. The van der Waals surface area contributed by atoms with Crippen LogP contribution in [-0.2, 0) is 4.74 Å². The minimum atomic E-state index is -0.398. The number of fused-ring (bicyclic) bond motifs is 2. The lowest BCUT2D eigenvalue weighted by molar-refractivity contribution is 0.0638. The molecule has 9 heteroatoms. The van der Waals surface area contributed by atoms with Gasteiger partial charge < -0.3 is 9.47 Å². The number of hydrogen-bond acceptors (Lipinski definition) is 7. The number of aromatic nitrogens is 1. The Labute approximate surface area is 182 Å². The van der Waals surface area contributed by atoms with E-state index in [-0.39, 0.29) is 23.6 Å². The van der Waals surface area contributed by atoms with Gasteiger partial charge >= 0.3 is 0 Å². The van der Waals surface area contributed by atoms with E-state index in [0.717, 1.165) is 16.0 Å². The normalized spacial score (nSPS) is 13.0. The Morgan fingerprint density at radius 3 is 2.71 bits per heavy atom. The fourth-order valence-electron chi connectivity index (χ4n) is 3.39. The van der Waals surface area contributed by atoms with Crippen LogP contribution in [0.2, 0.25) is 0 Å². The zero-order chi connectivity index (χ0) is 22.0. The molecule has 1 aliphatic rings. The summed E-state index contributed by atoms with van der Waals surface area (Å²) in [7, 11) is 1.57. The Morgan fingerprint density at radius 2 is 1.94 bits per heavy atom. The van der Waals surface area contributed by atoms with E-state index in [1.54, 1.807) is 13.2 Å². The van der Waals surface area contributed by atoms with Crippen molar-refractivity contribution in [3.8, 4) is 5.75 Å². The third-order valence-corrected chi connectivity index (χ3v) is 5.79. The number of rotatable bonds is 8. The fourth-order valence-corrected chi connectivity index (χ4v) is 4.28. The first-order valence-electron chi connectivity index (χ1n) is 9.85. The number of methoxy groups -OCH3 is 1. The summed E-state index contributed by atoms with van der Waals surface area (Å²) in [6.45, 7) is 3.21. The Bertz CT molecular complexity index is 1170. The van der Waals surface area contributed by atoms with Crippen LogP contribution in [0.5, 0.6) is 5.75 Å².